The normalized spacial score (nSPS) is 11.3. The Kier molecular flexibility index (Phi) is 11.9. The summed E-state index contributed by atoms with van der Waals surface area (Å²) in [6, 6.07) is 0. The lowest BCUT2D eigenvalue weighted by molar-refractivity contribution is -0.141. The molecule has 0 rings (SSSR count). The van der Waals surface area contributed by atoms with Gasteiger partial charge in [0, 0.05) is 13.3 Å². The van der Waals surface area contributed by atoms with Crippen LogP contribution < -0.4 is 0 Å². The third-order valence-electron chi connectivity index (χ3n) is 2.55. The van der Waals surface area contributed by atoms with E-state index < -0.39 is 6.43 Å². The quantitative estimate of drug-likeness (QED) is 0.311. The van der Waals surface area contributed by atoms with E-state index >= 15 is 0 Å². The zero-order chi connectivity index (χ0) is 13.6. The standard InChI is InChI=1S/C14H24F2O2/c1-13(17)18-12-10-8-6-4-2-3-5-7-9-11-14(15)16/h7,9,14H,2-6,8,10-12H2,1H3. The molecule has 106 valence electrons. The summed E-state index contributed by atoms with van der Waals surface area (Å²) in [5, 5.41) is 0. The van der Waals surface area contributed by atoms with Crippen LogP contribution in [-0.2, 0) is 9.53 Å². The maximum atomic E-state index is 11.8. The second kappa shape index (κ2) is 12.5. The summed E-state index contributed by atoms with van der Waals surface area (Å²) < 4.78 is 28.4. The van der Waals surface area contributed by atoms with Gasteiger partial charge in [0.05, 0.1) is 6.61 Å². The van der Waals surface area contributed by atoms with Crippen LogP contribution in [0.15, 0.2) is 12.2 Å². The number of halogens is 2. The van der Waals surface area contributed by atoms with E-state index in [9.17, 15) is 13.6 Å². The van der Waals surface area contributed by atoms with Crippen molar-refractivity contribution in [2.45, 2.75) is 64.7 Å². The van der Waals surface area contributed by atoms with E-state index in [1.807, 2.05) is 6.08 Å². The van der Waals surface area contributed by atoms with Crippen molar-refractivity contribution in [2.24, 2.45) is 0 Å². The van der Waals surface area contributed by atoms with Gasteiger partial charge < -0.3 is 4.74 Å². The molecule has 0 radical (unpaired) electrons. The van der Waals surface area contributed by atoms with Gasteiger partial charge in [-0.25, -0.2) is 8.78 Å². The molecule has 0 aromatic rings. The number of rotatable bonds is 11. The number of carbonyl (C=O) groups excluding carboxylic acids is 1. The fourth-order valence-electron chi connectivity index (χ4n) is 1.60. The molecule has 0 fully saturated rings. The van der Waals surface area contributed by atoms with Gasteiger partial charge in [0.25, 0.3) is 0 Å². The lowest BCUT2D eigenvalue weighted by Crippen LogP contribution is -1.99. The summed E-state index contributed by atoms with van der Waals surface area (Å²) in [4.78, 5) is 10.5. The van der Waals surface area contributed by atoms with Crippen LogP contribution in [0.2, 0.25) is 0 Å². The van der Waals surface area contributed by atoms with Crippen LogP contribution in [0, 0.1) is 0 Å². The molecule has 0 bridgehead atoms. The van der Waals surface area contributed by atoms with Crippen LogP contribution >= 0.6 is 0 Å². The lowest BCUT2D eigenvalue weighted by Gasteiger charge is -2.02. The van der Waals surface area contributed by atoms with Crippen molar-refractivity contribution in [3.05, 3.63) is 12.2 Å². The largest absolute Gasteiger partial charge is 0.466 e. The fraction of sp³-hybridized carbons (Fsp3) is 0.786. The molecular weight excluding hydrogens is 238 g/mol. The van der Waals surface area contributed by atoms with E-state index in [-0.39, 0.29) is 12.4 Å². The highest BCUT2D eigenvalue weighted by Gasteiger charge is 1.96. The number of hydrogen-bond donors (Lipinski definition) is 0. The van der Waals surface area contributed by atoms with Gasteiger partial charge in [0.2, 0.25) is 6.43 Å². The number of carbonyl (C=O) groups is 1. The van der Waals surface area contributed by atoms with Crippen molar-refractivity contribution in [3.8, 4) is 0 Å². The van der Waals surface area contributed by atoms with Crippen molar-refractivity contribution in [1.82, 2.24) is 0 Å². The predicted octanol–water partition coefficient (Wildman–Crippen LogP) is 4.49. The number of unbranched alkanes of at least 4 members (excludes halogenated alkanes) is 6. The van der Waals surface area contributed by atoms with Gasteiger partial charge in [-0.3, -0.25) is 4.79 Å². The summed E-state index contributed by atoms with van der Waals surface area (Å²) in [6.45, 7) is 1.94. The van der Waals surface area contributed by atoms with Gasteiger partial charge in [-0.2, -0.15) is 0 Å². The monoisotopic (exact) mass is 262 g/mol. The van der Waals surface area contributed by atoms with Crippen LogP contribution in [0.4, 0.5) is 8.78 Å². The predicted molar refractivity (Wildman–Crippen MR) is 68.7 cm³/mol. The highest BCUT2D eigenvalue weighted by Crippen LogP contribution is 2.08. The van der Waals surface area contributed by atoms with Gasteiger partial charge in [-0.05, 0) is 19.3 Å². The molecule has 4 heteroatoms. The molecule has 0 aliphatic rings. The van der Waals surface area contributed by atoms with Gasteiger partial charge in [-0.15, -0.1) is 0 Å². The molecule has 0 N–H and O–H groups in total. The van der Waals surface area contributed by atoms with Crippen molar-refractivity contribution in [3.63, 3.8) is 0 Å². The van der Waals surface area contributed by atoms with Crippen LogP contribution in [0.3, 0.4) is 0 Å². The van der Waals surface area contributed by atoms with Crippen molar-refractivity contribution in [2.75, 3.05) is 6.61 Å². The highest BCUT2D eigenvalue weighted by molar-refractivity contribution is 5.65. The fourth-order valence-corrected chi connectivity index (χ4v) is 1.60. The molecule has 0 atom stereocenters. The second-order valence-electron chi connectivity index (χ2n) is 4.35. The van der Waals surface area contributed by atoms with Crippen molar-refractivity contribution in [1.29, 1.82) is 0 Å². The molecule has 0 amide bonds. The number of hydrogen-bond acceptors (Lipinski definition) is 2. The summed E-state index contributed by atoms with van der Waals surface area (Å²) >= 11 is 0. The minimum absolute atomic E-state index is 0.129. The van der Waals surface area contributed by atoms with Crippen molar-refractivity contribution >= 4 is 5.97 Å². The topological polar surface area (TPSA) is 26.3 Å². The van der Waals surface area contributed by atoms with Gasteiger partial charge in [-0.1, -0.05) is 37.8 Å². The summed E-state index contributed by atoms with van der Waals surface area (Å²) in [6.07, 6.45) is 8.43. The molecule has 0 unspecified atom stereocenters. The molecule has 0 aromatic carbocycles. The van der Waals surface area contributed by atoms with Gasteiger partial charge >= 0.3 is 5.97 Å². The number of ether oxygens (including phenoxy) is 1. The second-order valence-corrected chi connectivity index (χ2v) is 4.35. The van der Waals surface area contributed by atoms with Crippen molar-refractivity contribution < 1.29 is 18.3 Å². The minimum Gasteiger partial charge on any atom is -0.466 e. The first kappa shape index (κ1) is 17.1. The van der Waals surface area contributed by atoms with E-state index in [4.69, 9.17) is 4.74 Å². The Morgan fingerprint density at radius 1 is 1.06 bits per heavy atom. The van der Waals surface area contributed by atoms with Gasteiger partial charge in [0.1, 0.15) is 0 Å². The third-order valence-corrected chi connectivity index (χ3v) is 2.55. The van der Waals surface area contributed by atoms with E-state index in [0.29, 0.717) is 6.61 Å². The lowest BCUT2D eigenvalue weighted by atomic mass is 10.1. The Bertz CT molecular complexity index is 228. The van der Waals surface area contributed by atoms with Crippen LogP contribution in [-0.4, -0.2) is 19.0 Å². The number of allylic oxidation sites excluding steroid dienone is 2. The maximum Gasteiger partial charge on any atom is 0.302 e. The molecule has 18 heavy (non-hydrogen) atoms. The maximum absolute atomic E-state index is 11.8. The molecular formula is C14H24F2O2. The van der Waals surface area contributed by atoms with E-state index in [1.54, 1.807) is 6.08 Å². The molecule has 0 aliphatic carbocycles. The molecule has 0 saturated carbocycles. The van der Waals surface area contributed by atoms with E-state index in [1.165, 1.54) is 6.92 Å². The minimum atomic E-state index is -2.22. The van der Waals surface area contributed by atoms with Crippen LogP contribution in [0.5, 0.6) is 0 Å². The molecule has 2 nitrogen and oxygen atoms in total. The zero-order valence-electron chi connectivity index (χ0n) is 11.2. The Hall–Kier alpha value is -0.930. The Balaban J connectivity index is 3.07. The Morgan fingerprint density at radius 3 is 2.28 bits per heavy atom. The molecule has 0 aliphatic heterocycles. The smallest absolute Gasteiger partial charge is 0.302 e. The molecule has 0 spiro atoms. The van der Waals surface area contributed by atoms with Gasteiger partial charge in [0.15, 0.2) is 0 Å². The molecule has 0 heterocycles. The highest BCUT2D eigenvalue weighted by atomic mass is 19.3. The summed E-state index contributed by atoms with van der Waals surface area (Å²) in [5.41, 5.74) is 0. The van der Waals surface area contributed by atoms with Crippen LogP contribution in [0.25, 0.3) is 0 Å². The summed E-state index contributed by atoms with van der Waals surface area (Å²) in [5.74, 6) is -0.217. The third kappa shape index (κ3) is 15.1. The average Bonchev–Trinajstić information content (AvgIpc) is 2.29. The first-order valence-electron chi connectivity index (χ1n) is 6.69. The first-order valence-corrected chi connectivity index (χ1v) is 6.69. The molecule has 0 saturated heterocycles. The van der Waals surface area contributed by atoms with E-state index in [2.05, 4.69) is 0 Å². The van der Waals surface area contributed by atoms with Crippen LogP contribution in [0.1, 0.15) is 58.3 Å². The number of alkyl halides is 2. The Morgan fingerprint density at radius 2 is 1.67 bits per heavy atom. The molecule has 0 aromatic heterocycles. The van der Waals surface area contributed by atoms with E-state index in [0.717, 1.165) is 44.9 Å². The summed E-state index contributed by atoms with van der Waals surface area (Å²) in [7, 11) is 0. The SMILES string of the molecule is CC(=O)OCCCCCCCCC=CCC(F)F. The average molecular weight is 262 g/mol. The first-order chi connectivity index (χ1) is 8.63. The number of esters is 1. The zero-order valence-corrected chi connectivity index (χ0v) is 11.2. The Labute approximate surface area is 108 Å².